The molecule has 2 nitrogen and oxygen atoms in total. The van der Waals surface area contributed by atoms with E-state index in [0.717, 1.165) is 16.7 Å². The van der Waals surface area contributed by atoms with Crippen LogP contribution in [0.1, 0.15) is 34.0 Å². The Morgan fingerprint density at radius 1 is 1.05 bits per heavy atom. The monoisotopic (exact) mass is 292 g/mol. The van der Waals surface area contributed by atoms with Gasteiger partial charge in [-0.25, -0.2) is 0 Å². The summed E-state index contributed by atoms with van der Waals surface area (Å²) < 4.78 is 0. The smallest absolute Gasteiger partial charge is 0.189 e. The first-order valence-corrected chi connectivity index (χ1v) is 7.23. The molecule has 2 heteroatoms. The number of rotatable bonds is 4. The van der Waals surface area contributed by atoms with Gasteiger partial charge < -0.3 is 5.11 Å². The Bertz CT molecular complexity index is 738. The summed E-state index contributed by atoms with van der Waals surface area (Å²) in [6.45, 7) is 5.65. The number of phenols is 1. The molecule has 0 saturated carbocycles. The number of carbonyl (C=O) groups is 1. The zero-order chi connectivity index (χ0) is 16.1. The third-order valence-corrected chi connectivity index (χ3v) is 3.40. The van der Waals surface area contributed by atoms with Gasteiger partial charge in [0.05, 0.1) is 5.56 Å². The molecule has 0 fully saturated rings. The summed E-state index contributed by atoms with van der Waals surface area (Å²) in [5.41, 5.74) is 4.09. The molecule has 0 atom stereocenters. The van der Waals surface area contributed by atoms with Gasteiger partial charge in [0.2, 0.25) is 0 Å². The molecule has 0 aliphatic carbocycles. The number of hydrogen-bond donors (Lipinski definition) is 1. The molecule has 0 radical (unpaired) electrons. The van der Waals surface area contributed by atoms with Crippen molar-refractivity contribution in [3.63, 3.8) is 0 Å². The molecule has 0 heterocycles. The number of phenolic OH excluding ortho intramolecular Hbond substituents is 1. The summed E-state index contributed by atoms with van der Waals surface area (Å²) in [6, 6.07) is 13.5. The first-order chi connectivity index (χ1) is 10.5. The Kier molecular flexibility index (Phi) is 4.95. The lowest BCUT2D eigenvalue weighted by Crippen LogP contribution is -1.97. The second kappa shape index (κ2) is 6.90. The van der Waals surface area contributed by atoms with Crippen molar-refractivity contribution in [2.45, 2.75) is 20.8 Å². The van der Waals surface area contributed by atoms with Crippen LogP contribution in [0.5, 0.6) is 5.75 Å². The Hall–Kier alpha value is -2.61. The van der Waals surface area contributed by atoms with Crippen LogP contribution < -0.4 is 0 Å². The second-order valence-corrected chi connectivity index (χ2v) is 5.47. The predicted octanol–water partition coefficient (Wildman–Crippen LogP) is 4.85. The van der Waals surface area contributed by atoms with Gasteiger partial charge in [0.25, 0.3) is 0 Å². The molecule has 0 saturated heterocycles. The molecule has 0 aliphatic rings. The molecule has 0 unspecified atom stereocenters. The summed E-state index contributed by atoms with van der Waals surface area (Å²) in [6.07, 6.45) is 5.28. The van der Waals surface area contributed by atoms with Crippen LogP contribution in [0.3, 0.4) is 0 Å². The van der Waals surface area contributed by atoms with Gasteiger partial charge in [-0.05, 0) is 49.6 Å². The number of hydrogen-bond acceptors (Lipinski definition) is 2. The van der Waals surface area contributed by atoms with Crippen LogP contribution in [-0.2, 0) is 0 Å². The zero-order valence-corrected chi connectivity index (χ0v) is 13.1. The molecule has 0 bridgehead atoms. The Labute approximate surface area is 131 Å². The van der Waals surface area contributed by atoms with E-state index in [9.17, 15) is 9.90 Å². The average Bonchev–Trinajstić information content (AvgIpc) is 2.49. The lowest BCUT2D eigenvalue weighted by atomic mass is 10.0. The van der Waals surface area contributed by atoms with E-state index < -0.39 is 0 Å². The van der Waals surface area contributed by atoms with Crippen molar-refractivity contribution >= 4 is 11.9 Å². The maximum absolute atomic E-state index is 12.3. The van der Waals surface area contributed by atoms with Crippen molar-refractivity contribution in [3.8, 4) is 5.75 Å². The van der Waals surface area contributed by atoms with Gasteiger partial charge in [0.15, 0.2) is 5.78 Å². The van der Waals surface area contributed by atoms with Gasteiger partial charge in [0, 0.05) is 0 Å². The molecular formula is C20H20O2. The largest absolute Gasteiger partial charge is 0.507 e. The first kappa shape index (κ1) is 15.8. The molecule has 2 aromatic rings. The number of aromatic hydroxyl groups is 1. The Morgan fingerprint density at radius 2 is 1.73 bits per heavy atom. The minimum atomic E-state index is -0.190. The molecular weight excluding hydrogens is 272 g/mol. The minimum Gasteiger partial charge on any atom is -0.507 e. The molecule has 22 heavy (non-hydrogen) atoms. The number of benzene rings is 2. The number of carbonyl (C=O) groups excluding carboxylic acids is 1. The molecule has 1 N–H and O–H groups in total. The van der Waals surface area contributed by atoms with Crippen LogP contribution in [-0.4, -0.2) is 10.9 Å². The van der Waals surface area contributed by atoms with Crippen LogP contribution in [0.15, 0.2) is 60.2 Å². The summed E-state index contributed by atoms with van der Waals surface area (Å²) in [5, 5.41) is 10.0. The van der Waals surface area contributed by atoms with Crippen molar-refractivity contribution in [2.75, 3.05) is 0 Å². The maximum Gasteiger partial charge on any atom is 0.189 e. The third-order valence-electron chi connectivity index (χ3n) is 3.40. The van der Waals surface area contributed by atoms with Gasteiger partial charge in [-0.2, -0.15) is 0 Å². The highest BCUT2D eigenvalue weighted by Crippen LogP contribution is 2.24. The van der Waals surface area contributed by atoms with E-state index in [4.69, 9.17) is 0 Å². The first-order valence-electron chi connectivity index (χ1n) is 7.23. The fourth-order valence-corrected chi connectivity index (χ4v) is 2.30. The molecule has 0 amide bonds. The molecule has 0 spiro atoms. The van der Waals surface area contributed by atoms with E-state index in [1.165, 1.54) is 6.08 Å². The topological polar surface area (TPSA) is 37.3 Å². The highest BCUT2D eigenvalue weighted by molar-refractivity contribution is 6.07. The van der Waals surface area contributed by atoms with Crippen molar-refractivity contribution in [1.29, 1.82) is 0 Å². The van der Waals surface area contributed by atoms with Crippen LogP contribution in [0.4, 0.5) is 0 Å². The standard InChI is InChI=1S/C20H20O2/c1-14(12-17-7-5-4-6-8-17)9-10-19(21)18-13-15(2)11-16(3)20(18)22/h4-13,22H,1-3H3. The summed E-state index contributed by atoms with van der Waals surface area (Å²) >= 11 is 0. The molecule has 0 aliphatic heterocycles. The maximum atomic E-state index is 12.3. The molecule has 2 rings (SSSR count). The van der Waals surface area contributed by atoms with E-state index in [1.54, 1.807) is 19.1 Å². The van der Waals surface area contributed by atoms with E-state index in [1.807, 2.05) is 56.3 Å². The average molecular weight is 292 g/mol. The highest BCUT2D eigenvalue weighted by Gasteiger charge is 2.11. The van der Waals surface area contributed by atoms with Gasteiger partial charge >= 0.3 is 0 Å². The van der Waals surface area contributed by atoms with Gasteiger partial charge in [-0.3, -0.25) is 4.79 Å². The normalized spacial score (nSPS) is 11.9. The fourth-order valence-electron chi connectivity index (χ4n) is 2.30. The number of allylic oxidation sites excluding steroid dienone is 3. The molecule has 2 aromatic carbocycles. The quantitative estimate of drug-likeness (QED) is 0.497. The van der Waals surface area contributed by atoms with Crippen LogP contribution in [0, 0.1) is 13.8 Å². The minimum absolute atomic E-state index is 0.0601. The van der Waals surface area contributed by atoms with Crippen LogP contribution in [0.2, 0.25) is 0 Å². The lowest BCUT2D eigenvalue weighted by Gasteiger charge is -2.06. The van der Waals surface area contributed by atoms with E-state index in [2.05, 4.69) is 0 Å². The summed E-state index contributed by atoms with van der Waals surface area (Å²) in [5.74, 6) is -0.130. The van der Waals surface area contributed by atoms with Crippen LogP contribution in [0.25, 0.3) is 6.08 Å². The second-order valence-electron chi connectivity index (χ2n) is 5.47. The van der Waals surface area contributed by atoms with Gasteiger partial charge in [0.1, 0.15) is 5.75 Å². The fraction of sp³-hybridized carbons (Fsp3) is 0.150. The Morgan fingerprint density at radius 3 is 2.41 bits per heavy atom. The predicted molar refractivity (Wildman–Crippen MR) is 91.1 cm³/mol. The summed E-state index contributed by atoms with van der Waals surface area (Å²) in [7, 11) is 0. The lowest BCUT2D eigenvalue weighted by molar-refractivity contribution is 0.104. The molecule has 0 aromatic heterocycles. The summed E-state index contributed by atoms with van der Waals surface area (Å²) in [4.78, 5) is 12.3. The number of aryl methyl sites for hydroxylation is 2. The van der Waals surface area contributed by atoms with Gasteiger partial charge in [-0.1, -0.05) is 54.1 Å². The Balaban J connectivity index is 2.20. The SMILES string of the molecule is CC(C=CC(=O)c1cc(C)cc(C)c1O)=Cc1ccccc1. The molecule has 112 valence electrons. The van der Waals surface area contributed by atoms with Gasteiger partial charge in [-0.15, -0.1) is 0 Å². The van der Waals surface area contributed by atoms with E-state index in [0.29, 0.717) is 11.1 Å². The van der Waals surface area contributed by atoms with E-state index >= 15 is 0 Å². The van der Waals surface area contributed by atoms with Crippen molar-refractivity contribution in [1.82, 2.24) is 0 Å². The van der Waals surface area contributed by atoms with Crippen LogP contribution >= 0.6 is 0 Å². The van der Waals surface area contributed by atoms with Crippen molar-refractivity contribution in [2.24, 2.45) is 0 Å². The highest BCUT2D eigenvalue weighted by atomic mass is 16.3. The van der Waals surface area contributed by atoms with Crippen molar-refractivity contribution < 1.29 is 9.90 Å². The number of ketones is 1. The van der Waals surface area contributed by atoms with Crippen molar-refractivity contribution in [3.05, 3.63) is 82.4 Å². The van der Waals surface area contributed by atoms with E-state index in [-0.39, 0.29) is 11.5 Å². The zero-order valence-electron chi connectivity index (χ0n) is 13.1. The third kappa shape index (κ3) is 3.95.